The highest BCUT2D eigenvalue weighted by Crippen LogP contribution is 2.27. The summed E-state index contributed by atoms with van der Waals surface area (Å²) in [6, 6.07) is 11.6. The van der Waals surface area contributed by atoms with Gasteiger partial charge in [-0.3, -0.25) is 14.5 Å². The van der Waals surface area contributed by atoms with E-state index >= 15 is 0 Å². The van der Waals surface area contributed by atoms with E-state index in [1.54, 1.807) is 12.1 Å². The van der Waals surface area contributed by atoms with Gasteiger partial charge in [0.15, 0.2) is 0 Å². The number of benzene rings is 1. The summed E-state index contributed by atoms with van der Waals surface area (Å²) in [4.78, 5) is 30.0. The lowest BCUT2D eigenvalue weighted by Gasteiger charge is -2.46. The zero-order valence-electron chi connectivity index (χ0n) is 14.0. The second-order valence-electron chi connectivity index (χ2n) is 6.59. The molecule has 2 aliphatic heterocycles. The summed E-state index contributed by atoms with van der Waals surface area (Å²) in [5.41, 5.74) is 2.02. The molecular weight excluding hydrogens is 334 g/mol. The summed E-state index contributed by atoms with van der Waals surface area (Å²) in [6.07, 6.45) is 1.12. The SMILES string of the molecule is O=C(NCC(=O)N1CC(N2CCc3sccc3C2)C1)c1ccccc1. The third kappa shape index (κ3) is 3.45. The van der Waals surface area contributed by atoms with Crippen LogP contribution < -0.4 is 5.32 Å². The zero-order valence-corrected chi connectivity index (χ0v) is 14.8. The molecule has 1 aromatic carbocycles. The van der Waals surface area contributed by atoms with E-state index < -0.39 is 0 Å². The Morgan fingerprint density at radius 2 is 1.96 bits per heavy atom. The Kier molecular flexibility index (Phi) is 4.55. The van der Waals surface area contributed by atoms with Gasteiger partial charge >= 0.3 is 0 Å². The van der Waals surface area contributed by atoms with E-state index in [1.165, 1.54) is 10.4 Å². The van der Waals surface area contributed by atoms with E-state index in [0.717, 1.165) is 32.6 Å². The molecule has 1 N–H and O–H groups in total. The van der Waals surface area contributed by atoms with E-state index in [-0.39, 0.29) is 18.4 Å². The normalized spacial score (nSPS) is 17.7. The highest BCUT2D eigenvalue weighted by Gasteiger charge is 2.36. The second kappa shape index (κ2) is 6.98. The van der Waals surface area contributed by atoms with Crippen LogP contribution >= 0.6 is 11.3 Å². The van der Waals surface area contributed by atoms with Gasteiger partial charge in [0.25, 0.3) is 5.91 Å². The molecule has 2 aromatic rings. The van der Waals surface area contributed by atoms with Crippen molar-refractivity contribution in [1.29, 1.82) is 0 Å². The monoisotopic (exact) mass is 355 g/mol. The number of hydrogen-bond donors (Lipinski definition) is 1. The Bertz CT molecular complexity index is 768. The number of carbonyl (C=O) groups is 2. The van der Waals surface area contributed by atoms with Gasteiger partial charge in [-0.05, 0) is 35.6 Å². The Morgan fingerprint density at radius 1 is 1.16 bits per heavy atom. The molecule has 0 radical (unpaired) electrons. The second-order valence-corrected chi connectivity index (χ2v) is 7.59. The van der Waals surface area contributed by atoms with E-state index in [9.17, 15) is 9.59 Å². The molecule has 0 unspecified atom stereocenters. The van der Waals surface area contributed by atoms with Crippen molar-refractivity contribution in [2.45, 2.75) is 19.0 Å². The average molecular weight is 355 g/mol. The summed E-state index contributed by atoms with van der Waals surface area (Å²) in [5.74, 6) is -0.208. The Labute approximate surface area is 151 Å². The van der Waals surface area contributed by atoms with Crippen molar-refractivity contribution >= 4 is 23.2 Å². The lowest BCUT2D eigenvalue weighted by Crippen LogP contribution is -2.62. The molecule has 130 valence electrons. The highest BCUT2D eigenvalue weighted by molar-refractivity contribution is 7.10. The third-order valence-corrected chi connectivity index (χ3v) is 6.03. The molecule has 0 aliphatic carbocycles. The Balaban J connectivity index is 1.23. The lowest BCUT2D eigenvalue weighted by atomic mass is 10.0. The number of nitrogens with one attached hydrogen (secondary N) is 1. The first-order valence-electron chi connectivity index (χ1n) is 8.61. The summed E-state index contributed by atoms with van der Waals surface area (Å²) in [5, 5.41) is 4.88. The van der Waals surface area contributed by atoms with Crippen LogP contribution in [-0.4, -0.2) is 53.8 Å². The molecular formula is C19H21N3O2S. The molecule has 2 amide bonds. The summed E-state index contributed by atoms with van der Waals surface area (Å²) in [6.45, 7) is 3.66. The fourth-order valence-corrected chi connectivity index (χ4v) is 4.32. The van der Waals surface area contributed by atoms with Gasteiger partial charge < -0.3 is 10.2 Å². The lowest BCUT2D eigenvalue weighted by molar-refractivity contribution is -0.137. The molecule has 5 nitrogen and oxygen atoms in total. The molecule has 0 atom stereocenters. The van der Waals surface area contributed by atoms with Crippen molar-refractivity contribution < 1.29 is 9.59 Å². The molecule has 1 saturated heterocycles. The highest BCUT2D eigenvalue weighted by atomic mass is 32.1. The minimum atomic E-state index is -0.202. The first kappa shape index (κ1) is 16.3. The van der Waals surface area contributed by atoms with Gasteiger partial charge in [-0.2, -0.15) is 0 Å². The third-order valence-electron chi connectivity index (χ3n) is 5.00. The van der Waals surface area contributed by atoms with Gasteiger partial charge in [-0.25, -0.2) is 0 Å². The molecule has 0 saturated carbocycles. The molecule has 4 rings (SSSR count). The van der Waals surface area contributed by atoms with Crippen LogP contribution in [-0.2, 0) is 17.8 Å². The van der Waals surface area contributed by atoms with Crippen LogP contribution in [0.25, 0.3) is 0 Å². The number of amides is 2. The smallest absolute Gasteiger partial charge is 0.251 e. The van der Waals surface area contributed by atoms with Gasteiger partial charge in [0.1, 0.15) is 0 Å². The van der Waals surface area contributed by atoms with Gasteiger partial charge in [-0.15, -0.1) is 11.3 Å². The maximum absolute atomic E-state index is 12.2. The van der Waals surface area contributed by atoms with Crippen LogP contribution in [0, 0.1) is 0 Å². The molecule has 0 bridgehead atoms. The van der Waals surface area contributed by atoms with Crippen molar-refractivity contribution in [2.24, 2.45) is 0 Å². The maximum Gasteiger partial charge on any atom is 0.251 e. The van der Waals surface area contributed by atoms with Crippen LogP contribution in [0.3, 0.4) is 0 Å². The maximum atomic E-state index is 12.2. The quantitative estimate of drug-likeness (QED) is 0.909. The summed E-state index contributed by atoms with van der Waals surface area (Å²) in [7, 11) is 0. The number of likely N-dealkylation sites (tertiary alicyclic amines) is 1. The van der Waals surface area contributed by atoms with Crippen LogP contribution in [0.1, 0.15) is 20.8 Å². The predicted molar refractivity (Wildman–Crippen MR) is 97.6 cm³/mol. The zero-order chi connectivity index (χ0) is 17.2. The van der Waals surface area contributed by atoms with Crippen molar-refractivity contribution in [3.63, 3.8) is 0 Å². The van der Waals surface area contributed by atoms with Gasteiger partial charge in [0.05, 0.1) is 6.54 Å². The molecule has 1 aromatic heterocycles. The number of nitrogens with zero attached hydrogens (tertiary/aromatic N) is 2. The van der Waals surface area contributed by atoms with Crippen LogP contribution in [0.5, 0.6) is 0 Å². The average Bonchev–Trinajstić information content (AvgIpc) is 3.07. The molecule has 25 heavy (non-hydrogen) atoms. The number of thiophene rings is 1. The number of hydrogen-bond acceptors (Lipinski definition) is 4. The van der Waals surface area contributed by atoms with Crippen LogP contribution in [0.4, 0.5) is 0 Å². The van der Waals surface area contributed by atoms with Crippen molar-refractivity contribution in [3.05, 3.63) is 57.8 Å². The van der Waals surface area contributed by atoms with E-state index in [0.29, 0.717) is 11.6 Å². The van der Waals surface area contributed by atoms with Crippen molar-refractivity contribution in [3.8, 4) is 0 Å². The standard InChI is InChI=1S/C19H21N3O2S/c23-18(10-20-19(24)14-4-2-1-3-5-14)22-12-16(13-22)21-8-6-17-15(11-21)7-9-25-17/h1-5,7,9,16H,6,8,10-13H2,(H,20,24). The molecule has 2 aliphatic rings. The Morgan fingerprint density at radius 3 is 2.76 bits per heavy atom. The predicted octanol–water partition coefficient (Wildman–Crippen LogP) is 1.75. The van der Waals surface area contributed by atoms with Crippen LogP contribution in [0.2, 0.25) is 0 Å². The van der Waals surface area contributed by atoms with Gasteiger partial charge in [-0.1, -0.05) is 18.2 Å². The van der Waals surface area contributed by atoms with E-state index in [4.69, 9.17) is 0 Å². The minimum absolute atomic E-state index is 0.00578. The largest absolute Gasteiger partial charge is 0.343 e. The van der Waals surface area contributed by atoms with E-state index in [2.05, 4.69) is 21.7 Å². The number of rotatable bonds is 4. The van der Waals surface area contributed by atoms with E-state index in [1.807, 2.05) is 34.4 Å². The fraction of sp³-hybridized carbons (Fsp3) is 0.368. The topological polar surface area (TPSA) is 52.7 Å². The molecule has 0 spiro atoms. The number of carbonyl (C=O) groups excluding carboxylic acids is 2. The minimum Gasteiger partial charge on any atom is -0.343 e. The Hall–Kier alpha value is -2.18. The summed E-state index contributed by atoms with van der Waals surface area (Å²) >= 11 is 1.85. The molecule has 1 fully saturated rings. The summed E-state index contributed by atoms with van der Waals surface area (Å²) < 4.78 is 0. The van der Waals surface area contributed by atoms with Gasteiger partial charge in [0, 0.05) is 42.7 Å². The first-order chi connectivity index (χ1) is 12.2. The van der Waals surface area contributed by atoms with Crippen molar-refractivity contribution in [1.82, 2.24) is 15.1 Å². The van der Waals surface area contributed by atoms with Crippen molar-refractivity contribution in [2.75, 3.05) is 26.2 Å². The molecule has 6 heteroatoms. The van der Waals surface area contributed by atoms with Gasteiger partial charge in [0.2, 0.25) is 5.91 Å². The fourth-order valence-electron chi connectivity index (χ4n) is 3.43. The first-order valence-corrected chi connectivity index (χ1v) is 9.49. The number of fused-ring (bicyclic) bond motifs is 1. The molecule has 3 heterocycles. The van der Waals surface area contributed by atoms with Crippen LogP contribution in [0.15, 0.2) is 41.8 Å².